The fourth-order valence-electron chi connectivity index (χ4n) is 3.25. The van der Waals surface area contributed by atoms with Crippen LogP contribution in [-0.2, 0) is 19.3 Å². The van der Waals surface area contributed by atoms with E-state index in [2.05, 4.69) is 37.7 Å². The molecule has 0 saturated carbocycles. The van der Waals surface area contributed by atoms with Crippen molar-refractivity contribution >= 4 is 11.6 Å². The third kappa shape index (κ3) is 3.57. The summed E-state index contributed by atoms with van der Waals surface area (Å²) in [4.78, 5) is 4.21. The minimum atomic E-state index is -0.152. The summed E-state index contributed by atoms with van der Waals surface area (Å²) < 4.78 is 0. The molecular weight excluding hydrogens is 314 g/mol. The minimum absolute atomic E-state index is 0.152. The number of rotatable bonds is 4. The first-order chi connectivity index (χ1) is 12.3. The van der Waals surface area contributed by atoms with Gasteiger partial charge in [0.1, 0.15) is 0 Å². The molecule has 1 aromatic heterocycles. The van der Waals surface area contributed by atoms with E-state index < -0.39 is 0 Å². The molecule has 0 spiro atoms. The zero-order valence-corrected chi connectivity index (χ0v) is 13.8. The Labute approximate surface area is 145 Å². The Morgan fingerprint density at radius 1 is 1.08 bits per heavy atom. The molecule has 1 aliphatic rings. The highest BCUT2D eigenvalue weighted by Crippen LogP contribution is 2.23. The molecule has 6 nitrogen and oxygen atoms in total. The fourth-order valence-corrected chi connectivity index (χ4v) is 3.25. The second kappa shape index (κ2) is 6.84. The second-order valence-electron chi connectivity index (χ2n) is 6.28. The normalized spacial score (nSPS) is 14.3. The van der Waals surface area contributed by atoms with Gasteiger partial charge < -0.3 is 5.11 Å². The Morgan fingerprint density at radius 3 is 2.80 bits per heavy atom. The average molecular weight is 332 g/mol. The van der Waals surface area contributed by atoms with Crippen LogP contribution in [0.2, 0.25) is 0 Å². The predicted octanol–water partition coefficient (Wildman–Crippen LogP) is 2.38. The van der Waals surface area contributed by atoms with Crippen molar-refractivity contribution in [1.29, 1.82) is 0 Å². The van der Waals surface area contributed by atoms with E-state index in [4.69, 9.17) is 0 Å². The van der Waals surface area contributed by atoms with Gasteiger partial charge >= 0.3 is 0 Å². The molecule has 2 aromatic carbocycles. The Kier molecular flexibility index (Phi) is 4.24. The average Bonchev–Trinajstić information content (AvgIpc) is 3.16. The van der Waals surface area contributed by atoms with E-state index in [0.717, 1.165) is 24.0 Å². The first kappa shape index (κ1) is 15.5. The van der Waals surface area contributed by atoms with Crippen LogP contribution in [-0.4, -0.2) is 26.5 Å². The maximum absolute atomic E-state index is 12.3. The van der Waals surface area contributed by atoms with Crippen molar-refractivity contribution in [2.24, 2.45) is 4.99 Å². The number of hydrogen-bond acceptors (Lipinski definition) is 5. The largest absolute Gasteiger partial charge is 0.861 e. The highest BCUT2D eigenvalue weighted by atomic mass is 16.3. The van der Waals surface area contributed by atoms with Gasteiger partial charge in [-0.1, -0.05) is 30.3 Å². The van der Waals surface area contributed by atoms with Gasteiger partial charge in [-0.15, -0.1) is 10.2 Å². The van der Waals surface area contributed by atoms with E-state index in [1.165, 1.54) is 24.0 Å². The van der Waals surface area contributed by atoms with Crippen molar-refractivity contribution in [3.8, 4) is 11.4 Å². The van der Waals surface area contributed by atoms with Crippen LogP contribution in [0, 0.1) is 0 Å². The molecule has 0 radical (unpaired) electrons. The van der Waals surface area contributed by atoms with E-state index in [0.29, 0.717) is 17.9 Å². The summed E-state index contributed by atoms with van der Waals surface area (Å²) in [6.07, 6.45) is 5.08. The zero-order valence-electron chi connectivity index (χ0n) is 13.8. The van der Waals surface area contributed by atoms with Gasteiger partial charge in [-0.05, 0) is 65.6 Å². The number of nitrogens with one attached hydrogen (secondary N) is 1. The molecule has 0 unspecified atom stereocenters. The molecule has 4 rings (SSSR count). The third-order valence-electron chi connectivity index (χ3n) is 4.47. The smallest absolute Gasteiger partial charge is 0.204 e. The molecule has 0 aliphatic heterocycles. The number of tetrazole rings is 1. The fraction of sp³-hybridized carbons (Fsp3) is 0.263. The molecular formula is C19H18N5O-. The number of aromatic amines is 1. The number of aromatic nitrogens is 4. The maximum atomic E-state index is 12.3. The summed E-state index contributed by atoms with van der Waals surface area (Å²) in [5, 5.41) is 26.2. The van der Waals surface area contributed by atoms with E-state index in [-0.39, 0.29) is 5.90 Å². The minimum Gasteiger partial charge on any atom is -0.861 e. The number of aliphatic imine (C=N–C) groups is 1. The Balaban J connectivity index is 1.53. The molecule has 3 aromatic rings. The lowest BCUT2D eigenvalue weighted by Gasteiger charge is -2.18. The molecule has 1 aliphatic carbocycles. The van der Waals surface area contributed by atoms with Gasteiger partial charge in [-0.2, -0.15) is 5.21 Å². The maximum Gasteiger partial charge on any atom is 0.204 e. The summed E-state index contributed by atoms with van der Waals surface area (Å²) in [5.74, 6) is 0.334. The molecule has 0 saturated heterocycles. The summed E-state index contributed by atoms with van der Waals surface area (Å²) >= 11 is 0. The standard InChI is InChI=1S/C19H19N5O/c25-18(11-13-8-9-14-4-1-2-5-15(14)10-13)20-17-7-3-6-16(12-17)19-21-23-24-22-19/h3,6-10,12H,1-2,4-5,11H2,(H,20,25)(H,21,22,23,24)/p-1. The third-order valence-corrected chi connectivity index (χ3v) is 4.47. The number of H-pyrrole nitrogens is 1. The van der Waals surface area contributed by atoms with E-state index in [1.807, 2.05) is 18.2 Å². The number of fused-ring (bicyclic) bond motifs is 1. The van der Waals surface area contributed by atoms with Gasteiger partial charge in [-0.3, -0.25) is 4.99 Å². The summed E-state index contributed by atoms with van der Waals surface area (Å²) in [7, 11) is 0. The van der Waals surface area contributed by atoms with Crippen molar-refractivity contribution in [2.75, 3.05) is 0 Å². The molecule has 1 heterocycles. The SMILES string of the molecule is [O-]C(Cc1ccc2c(c1)CCCC2)=Nc1cccc(-c2nn[nH]n2)c1. The first-order valence-electron chi connectivity index (χ1n) is 8.47. The van der Waals surface area contributed by atoms with Gasteiger partial charge in [0.25, 0.3) is 0 Å². The molecule has 126 valence electrons. The van der Waals surface area contributed by atoms with Crippen LogP contribution in [0.4, 0.5) is 5.69 Å². The van der Waals surface area contributed by atoms with Gasteiger partial charge in [0.05, 0.1) is 5.69 Å². The Hall–Kier alpha value is -3.02. The lowest BCUT2D eigenvalue weighted by atomic mass is 9.90. The monoisotopic (exact) mass is 332 g/mol. The van der Waals surface area contributed by atoms with E-state index >= 15 is 0 Å². The van der Waals surface area contributed by atoms with Crippen LogP contribution >= 0.6 is 0 Å². The van der Waals surface area contributed by atoms with Crippen molar-refractivity contribution in [3.05, 3.63) is 59.2 Å². The van der Waals surface area contributed by atoms with Crippen LogP contribution < -0.4 is 5.11 Å². The van der Waals surface area contributed by atoms with Gasteiger partial charge in [-0.25, -0.2) is 0 Å². The topological polar surface area (TPSA) is 89.9 Å². The highest BCUT2D eigenvalue weighted by Gasteiger charge is 2.09. The Bertz CT molecular complexity index is 902. The van der Waals surface area contributed by atoms with Crippen LogP contribution in [0.25, 0.3) is 11.4 Å². The van der Waals surface area contributed by atoms with Crippen LogP contribution in [0.5, 0.6) is 0 Å². The van der Waals surface area contributed by atoms with Crippen LogP contribution in [0.3, 0.4) is 0 Å². The predicted molar refractivity (Wildman–Crippen MR) is 93.5 cm³/mol. The van der Waals surface area contributed by atoms with E-state index in [1.54, 1.807) is 12.1 Å². The molecule has 0 amide bonds. The molecule has 1 N–H and O–H groups in total. The molecule has 0 fully saturated rings. The first-order valence-corrected chi connectivity index (χ1v) is 8.47. The lowest BCUT2D eigenvalue weighted by Crippen LogP contribution is -2.20. The Morgan fingerprint density at radius 2 is 1.96 bits per heavy atom. The molecule has 25 heavy (non-hydrogen) atoms. The number of benzene rings is 2. The van der Waals surface area contributed by atoms with Gasteiger partial charge in [0.15, 0.2) is 0 Å². The summed E-state index contributed by atoms with van der Waals surface area (Å²) in [6, 6.07) is 13.7. The van der Waals surface area contributed by atoms with Crippen molar-refractivity contribution in [1.82, 2.24) is 20.6 Å². The van der Waals surface area contributed by atoms with Gasteiger partial charge in [0.2, 0.25) is 5.82 Å². The van der Waals surface area contributed by atoms with Crippen molar-refractivity contribution in [2.45, 2.75) is 32.1 Å². The second-order valence-corrected chi connectivity index (χ2v) is 6.28. The molecule has 0 bridgehead atoms. The number of aryl methyl sites for hydroxylation is 2. The van der Waals surface area contributed by atoms with Crippen molar-refractivity contribution in [3.63, 3.8) is 0 Å². The summed E-state index contributed by atoms with van der Waals surface area (Å²) in [6.45, 7) is 0. The van der Waals surface area contributed by atoms with Crippen LogP contribution in [0.15, 0.2) is 47.5 Å². The number of hydrogen-bond donors (Lipinski definition) is 1. The molecule has 6 heteroatoms. The van der Waals surface area contributed by atoms with Crippen molar-refractivity contribution < 1.29 is 5.11 Å². The van der Waals surface area contributed by atoms with Crippen LogP contribution in [0.1, 0.15) is 29.5 Å². The zero-order chi connectivity index (χ0) is 17.1. The summed E-state index contributed by atoms with van der Waals surface area (Å²) in [5.41, 5.74) is 5.22. The molecule has 0 atom stereocenters. The van der Waals surface area contributed by atoms with E-state index in [9.17, 15) is 5.11 Å². The quantitative estimate of drug-likeness (QED) is 0.587. The lowest BCUT2D eigenvalue weighted by molar-refractivity contribution is -0.217. The highest BCUT2D eigenvalue weighted by molar-refractivity contribution is 5.78. The number of nitrogens with zero attached hydrogens (tertiary/aromatic N) is 4. The van der Waals surface area contributed by atoms with Gasteiger partial charge in [0, 0.05) is 12.0 Å².